The lowest BCUT2D eigenvalue weighted by Gasteiger charge is -2.23. The molecule has 1 aliphatic heterocycles. The fraction of sp³-hybridized carbons (Fsp3) is 0.458. The molecule has 0 N–H and O–H groups in total. The Labute approximate surface area is 180 Å². The lowest BCUT2D eigenvalue weighted by Crippen LogP contribution is -2.21. The van der Waals surface area contributed by atoms with Gasteiger partial charge in [-0.25, -0.2) is 0 Å². The molecule has 1 saturated carbocycles. The number of rotatable bonds is 5. The van der Waals surface area contributed by atoms with E-state index >= 15 is 0 Å². The van der Waals surface area contributed by atoms with Gasteiger partial charge in [0, 0.05) is 36.4 Å². The van der Waals surface area contributed by atoms with Gasteiger partial charge in [0.05, 0.1) is 10.6 Å². The lowest BCUT2D eigenvalue weighted by molar-refractivity contribution is 0.0615. The van der Waals surface area contributed by atoms with Crippen LogP contribution in [0.4, 0.5) is 0 Å². The molecule has 2 aliphatic rings. The molecule has 0 spiro atoms. The topological polar surface area (TPSA) is 31.2 Å². The number of hydrogen-bond donors (Lipinski definition) is 0. The largest absolute Gasteiger partial charge is 0.381 e. The first-order valence-electron chi connectivity index (χ1n) is 10.5. The maximum atomic E-state index is 13.7. The van der Waals surface area contributed by atoms with E-state index in [1.807, 2.05) is 12.1 Å². The predicted molar refractivity (Wildman–Crippen MR) is 120 cm³/mol. The minimum Gasteiger partial charge on any atom is -0.381 e. The van der Waals surface area contributed by atoms with Crippen LogP contribution >= 0.6 is 22.9 Å². The Balaban J connectivity index is 1.54. The molecule has 1 saturated heterocycles. The van der Waals surface area contributed by atoms with Gasteiger partial charge < -0.3 is 9.30 Å². The molecule has 5 rings (SSSR count). The Hall–Kier alpha value is -1.62. The van der Waals surface area contributed by atoms with Crippen molar-refractivity contribution in [2.75, 3.05) is 13.2 Å². The van der Waals surface area contributed by atoms with E-state index in [1.165, 1.54) is 4.83 Å². The molecule has 29 heavy (non-hydrogen) atoms. The van der Waals surface area contributed by atoms with Crippen molar-refractivity contribution in [2.45, 2.75) is 45.6 Å². The molecule has 2 aromatic heterocycles. The lowest BCUT2D eigenvalue weighted by atomic mass is 9.97. The van der Waals surface area contributed by atoms with Gasteiger partial charge in [-0.1, -0.05) is 30.7 Å². The second-order valence-corrected chi connectivity index (χ2v) is 9.90. The highest BCUT2D eigenvalue weighted by molar-refractivity contribution is 7.16. The summed E-state index contributed by atoms with van der Waals surface area (Å²) in [5.41, 5.74) is 3.65. The molecule has 152 valence electrons. The predicted octanol–water partition coefficient (Wildman–Crippen LogP) is 6.45. The summed E-state index contributed by atoms with van der Waals surface area (Å²) in [6.07, 6.45) is 3.33. The fourth-order valence-corrected chi connectivity index (χ4v) is 6.10. The van der Waals surface area contributed by atoms with Crippen LogP contribution in [-0.4, -0.2) is 23.6 Å². The zero-order valence-electron chi connectivity index (χ0n) is 16.9. The number of aromatic nitrogens is 1. The highest BCUT2D eigenvalue weighted by atomic mass is 35.5. The Bertz CT molecular complexity index is 1080. The zero-order valence-corrected chi connectivity index (χ0v) is 18.5. The van der Waals surface area contributed by atoms with Gasteiger partial charge >= 0.3 is 0 Å². The third kappa shape index (κ3) is 3.35. The van der Waals surface area contributed by atoms with Crippen LogP contribution in [0.2, 0.25) is 5.02 Å². The van der Waals surface area contributed by atoms with Crippen molar-refractivity contribution in [1.29, 1.82) is 0 Å². The molecule has 2 fully saturated rings. The Morgan fingerprint density at radius 2 is 2.03 bits per heavy atom. The maximum Gasteiger partial charge on any atom is 0.196 e. The van der Waals surface area contributed by atoms with Gasteiger partial charge in [-0.2, -0.15) is 0 Å². The highest BCUT2D eigenvalue weighted by Gasteiger charge is 2.36. The van der Waals surface area contributed by atoms with Gasteiger partial charge in [-0.15, -0.1) is 11.3 Å². The number of thiophene rings is 1. The van der Waals surface area contributed by atoms with E-state index < -0.39 is 0 Å². The zero-order chi connectivity index (χ0) is 20.1. The first-order chi connectivity index (χ1) is 14.1. The highest BCUT2D eigenvalue weighted by Crippen LogP contribution is 2.50. The third-order valence-corrected chi connectivity index (χ3v) is 8.07. The second kappa shape index (κ2) is 7.57. The quantitative estimate of drug-likeness (QED) is 0.438. The number of halogens is 1. The van der Waals surface area contributed by atoms with Crippen LogP contribution in [0, 0.1) is 18.8 Å². The fourth-order valence-electron chi connectivity index (χ4n) is 4.78. The first-order valence-corrected chi connectivity index (χ1v) is 11.8. The van der Waals surface area contributed by atoms with Gasteiger partial charge in [-0.3, -0.25) is 4.79 Å². The SMILES string of the molecule is Cc1c(C(=O)c2cccc(C3CC3C)c2Cl)c2ccsc2n1CC1CCOCC1. The Morgan fingerprint density at radius 1 is 1.28 bits per heavy atom. The molecule has 2 unspecified atom stereocenters. The molecular formula is C24H26ClNO2S. The van der Waals surface area contributed by atoms with E-state index in [-0.39, 0.29) is 5.78 Å². The van der Waals surface area contributed by atoms with Crippen molar-refractivity contribution in [3.63, 3.8) is 0 Å². The van der Waals surface area contributed by atoms with Crippen LogP contribution in [-0.2, 0) is 11.3 Å². The summed E-state index contributed by atoms with van der Waals surface area (Å²) >= 11 is 8.47. The molecule has 3 aromatic rings. The van der Waals surface area contributed by atoms with Crippen molar-refractivity contribution in [3.8, 4) is 0 Å². The summed E-state index contributed by atoms with van der Waals surface area (Å²) in [6.45, 7) is 6.95. The number of ether oxygens (including phenoxy) is 1. The van der Waals surface area contributed by atoms with Crippen LogP contribution in [0.25, 0.3) is 10.2 Å². The van der Waals surface area contributed by atoms with E-state index in [1.54, 1.807) is 11.3 Å². The Kier molecular flexibility index (Phi) is 5.05. The summed E-state index contributed by atoms with van der Waals surface area (Å²) in [5.74, 6) is 1.81. The van der Waals surface area contributed by atoms with Gasteiger partial charge in [0.25, 0.3) is 0 Å². The monoisotopic (exact) mass is 427 g/mol. The van der Waals surface area contributed by atoms with Crippen molar-refractivity contribution in [2.24, 2.45) is 11.8 Å². The van der Waals surface area contributed by atoms with Crippen LogP contribution in [0.15, 0.2) is 29.6 Å². The van der Waals surface area contributed by atoms with Crippen LogP contribution < -0.4 is 0 Å². The molecule has 0 amide bonds. The average Bonchev–Trinajstić information content (AvgIpc) is 3.15. The third-order valence-electron chi connectivity index (χ3n) is 6.72. The van der Waals surface area contributed by atoms with Gasteiger partial charge in [-0.05, 0) is 67.0 Å². The molecule has 2 atom stereocenters. The first kappa shape index (κ1) is 19.3. The molecule has 1 aliphatic carbocycles. The molecule has 0 bridgehead atoms. The molecule has 3 nitrogen and oxygen atoms in total. The van der Waals surface area contributed by atoms with E-state index in [2.05, 4.69) is 35.9 Å². The van der Waals surface area contributed by atoms with Crippen LogP contribution in [0.5, 0.6) is 0 Å². The Morgan fingerprint density at radius 3 is 2.76 bits per heavy atom. The number of carbonyl (C=O) groups excluding carboxylic acids is 1. The van der Waals surface area contributed by atoms with Crippen molar-refractivity contribution in [3.05, 3.63) is 57.1 Å². The summed E-state index contributed by atoms with van der Waals surface area (Å²) in [6, 6.07) is 8.03. The number of carbonyl (C=O) groups is 1. The minimum atomic E-state index is 0.0526. The molecule has 1 aromatic carbocycles. The van der Waals surface area contributed by atoms with E-state index in [0.717, 1.165) is 61.2 Å². The standard InChI is InChI=1S/C24H26ClNO2S/c1-14-12-20(14)17-4-3-5-19(22(17)25)23(27)21-15(2)26(24-18(21)8-11-29-24)13-16-6-9-28-10-7-16/h3-5,8,11,14,16,20H,6-7,9-10,12-13H2,1-2H3. The van der Waals surface area contributed by atoms with Crippen LogP contribution in [0.1, 0.15) is 59.3 Å². The van der Waals surface area contributed by atoms with Gasteiger partial charge in [0.2, 0.25) is 0 Å². The average molecular weight is 428 g/mol. The molecule has 3 heterocycles. The van der Waals surface area contributed by atoms with E-state index in [9.17, 15) is 4.79 Å². The van der Waals surface area contributed by atoms with Gasteiger partial charge in [0.15, 0.2) is 5.78 Å². The molecule has 0 radical (unpaired) electrons. The van der Waals surface area contributed by atoms with Crippen molar-refractivity contribution < 1.29 is 9.53 Å². The number of nitrogens with zero attached hydrogens (tertiary/aromatic N) is 1. The second-order valence-electron chi connectivity index (χ2n) is 8.62. The number of ketones is 1. The minimum absolute atomic E-state index is 0.0526. The maximum absolute atomic E-state index is 13.7. The summed E-state index contributed by atoms with van der Waals surface area (Å²) in [4.78, 5) is 14.9. The summed E-state index contributed by atoms with van der Waals surface area (Å²) < 4.78 is 7.87. The molecule has 5 heteroatoms. The van der Waals surface area contributed by atoms with Crippen LogP contribution in [0.3, 0.4) is 0 Å². The van der Waals surface area contributed by atoms with E-state index in [0.29, 0.717) is 28.3 Å². The smallest absolute Gasteiger partial charge is 0.196 e. The van der Waals surface area contributed by atoms with Crippen molar-refractivity contribution in [1.82, 2.24) is 4.57 Å². The summed E-state index contributed by atoms with van der Waals surface area (Å²) in [5, 5.41) is 3.79. The number of benzene rings is 1. The number of fused-ring (bicyclic) bond motifs is 1. The van der Waals surface area contributed by atoms with E-state index in [4.69, 9.17) is 16.3 Å². The normalized spacial score (nSPS) is 22.3. The molecular weight excluding hydrogens is 402 g/mol. The number of hydrogen-bond acceptors (Lipinski definition) is 3. The van der Waals surface area contributed by atoms with Crippen molar-refractivity contribution >= 4 is 38.9 Å². The van der Waals surface area contributed by atoms with Gasteiger partial charge in [0.1, 0.15) is 4.83 Å². The summed E-state index contributed by atoms with van der Waals surface area (Å²) in [7, 11) is 0.